The number of piperazine rings is 1. The number of nitrogens with one attached hydrogen (secondary N) is 1. The molecule has 4 rings (SSSR count). The van der Waals surface area contributed by atoms with Gasteiger partial charge in [-0.1, -0.05) is 42.5 Å². The van der Waals surface area contributed by atoms with Gasteiger partial charge in [0, 0.05) is 51.5 Å². The molecular weight excluding hydrogens is 388 g/mol. The minimum Gasteiger partial charge on any atom is -0.390 e. The summed E-state index contributed by atoms with van der Waals surface area (Å²) in [4.78, 5) is 19.1. The molecule has 2 N–H and O–H groups in total. The zero-order valence-corrected chi connectivity index (χ0v) is 18.6. The van der Waals surface area contributed by atoms with Crippen LogP contribution in [0.5, 0.6) is 0 Å². The molecule has 2 aromatic rings. The highest BCUT2D eigenvalue weighted by Gasteiger charge is 2.38. The number of aliphatic hydroxyl groups excluding tert-OH is 1. The number of nitrogens with zero attached hydrogens (tertiary/aromatic N) is 3. The maximum atomic E-state index is 12.6. The average molecular weight is 423 g/mol. The van der Waals surface area contributed by atoms with Crippen LogP contribution in [0.25, 0.3) is 0 Å². The Morgan fingerprint density at radius 1 is 1.03 bits per heavy atom. The highest BCUT2D eigenvalue weighted by atomic mass is 16.3. The number of β-amino-alcohol motifs (C(OH)–C–C–N with tert-alkyl or cyclic N) is 1. The molecule has 6 heteroatoms. The van der Waals surface area contributed by atoms with Crippen molar-refractivity contribution >= 4 is 11.7 Å². The van der Waals surface area contributed by atoms with Crippen molar-refractivity contribution in [3.63, 3.8) is 0 Å². The number of hydrogen-bond acceptors (Lipinski definition) is 4. The van der Waals surface area contributed by atoms with E-state index in [4.69, 9.17) is 0 Å². The van der Waals surface area contributed by atoms with Crippen LogP contribution in [0.4, 0.5) is 10.5 Å². The monoisotopic (exact) mass is 422 g/mol. The first-order valence-electron chi connectivity index (χ1n) is 11.3. The van der Waals surface area contributed by atoms with Crippen molar-refractivity contribution in [1.29, 1.82) is 0 Å². The summed E-state index contributed by atoms with van der Waals surface area (Å²) >= 11 is 0. The molecular formula is C25H34N4O2. The fourth-order valence-corrected chi connectivity index (χ4v) is 4.72. The lowest BCUT2D eigenvalue weighted by molar-refractivity contribution is 0.0791. The van der Waals surface area contributed by atoms with Crippen LogP contribution in [0, 0.1) is 13.8 Å². The van der Waals surface area contributed by atoms with Crippen molar-refractivity contribution < 1.29 is 9.90 Å². The molecule has 2 atom stereocenters. The van der Waals surface area contributed by atoms with Gasteiger partial charge in [-0.25, -0.2) is 4.79 Å². The minimum atomic E-state index is -0.493. The van der Waals surface area contributed by atoms with Crippen LogP contribution in [-0.2, 0) is 6.42 Å². The predicted octanol–water partition coefficient (Wildman–Crippen LogP) is 2.42. The summed E-state index contributed by atoms with van der Waals surface area (Å²) in [5, 5.41) is 13.7. The second-order valence-corrected chi connectivity index (χ2v) is 8.82. The molecule has 2 heterocycles. The summed E-state index contributed by atoms with van der Waals surface area (Å²) in [6.07, 6.45) is 0.319. The van der Waals surface area contributed by atoms with E-state index >= 15 is 0 Å². The van der Waals surface area contributed by atoms with E-state index in [9.17, 15) is 9.90 Å². The normalized spacial score (nSPS) is 22.0. The highest BCUT2D eigenvalue weighted by molar-refractivity contribution is 5.74. The molecule has 6 nitrogen and oxygen atoms in total. The fraction of sp³-hybridized carbons (Fsp3) is 0.480. The molecule has 166 valence electrons. The summed E-state index contributed by atoms with van der Waals surface area (Å²) in [6, 6.07) is 16.7. The van der Waals surface area contributed by atoms with Gasteiger partial charge in [0.05, 0.1) is 12.1 Å². The number of hydrogen-bond donors (Lipinski definition) is 2. The third-order valence-electron chi connectivity index (χ3n) is 6.57. The minimum absolute atomic E-state index is 0.0145. The quantitative estimate of drug-likeness (QED) is 0.777. The lowest BCUT2D eigenvalue weighted by Crippen LogP contribution is -2.54. The second kappa shape index (κ2) is 9.71. The van der Waals surface area contributed by atoms with Crippen LogP contribution in [0.3, 0.4) is 0 Å². The number of urea groups is 1. The molecule has 0 spiro atoms. The van der Waals surface area contributed by atoms with E-state index in [1.807, 2.05) is 18.2 Å². The van der Waals surface area contributed by atoms with Crippen molar-refractivity contribution in [3.05, 3.63) is 65.2 Å². The van der Waals surface area contributed by atoms with Crippen molar-refractivity contribution in [1.82, 2.24) is 15.1 Å². The number of rotatable bonds is 5. The first-order chi connectivity index (χ1) is 15.0. The van der Waals surface area contributed by atoms with Crippen LogP contribution < -0.4 is 10.2 Å². The van der Waals surface area contributed by atoms with Gasteiger partial charge in [0.1, 0.15) is 0 Å². The summed E-state index contributed by atoms with van der Waals surface area (Å²) in [5.74, 6) is 0. The number of anilines is 1. The smallest absolute Gasteiger partial charge is 0.317 e. The molecule has 0 bridgehead atoms. The Hall–Kier alpha value is -2.57. The Balaban J connectivity index is 1.26. The molecule has 2 saturated heterocycles. The molecule has 31 heavy (non-hydrogen) atoms. The Morgan fingerprint density at radius 2 is 1.77 bits per heavy atom. The SMILES string of the molecule is Cc1ccc(C)c(N2CCN(C3CN(C(=O)NCCc4ccccc4)CC3O)CC2)c1. The second-order valence-electron chi connectivity index (χ2n) is 8.82. The van der Waals surface area contributed by atoms with Gasteiger partial charge in [0.25, 0.3) is 0 Å². The first kappa shape index (κ1) is 21.7. The van der Waals surface area contributed by atoms with E-state index in [0.717, 1.165) is 32.6 Å². The number of aryl methyl sites for hydroxylation is 2. The number of carbonyl (C=O) groups excluding carboxylic acids is 1. The average Bonchev–Trinajstić information content (AvgIpc) is 3.18. The maximum absolute atomic E-state index is 12.6. The molecule has 2 aliphatic rings. The number of likely N-dealkylation sites (tertiary alicyclic amines) is 1. The topological polar surface area (TPSA) is 59.0 Å². The summed E-state index contributed by atoms with van der Waals surface area (Å²) in [7, 11) is 0. The van der Waals surface area contributed by atoms with Crippen molar-refractivity contribution in [3.8, 4) is 0 Å². The number of benzene rings is 2. The van der Waals surface area contributed by atoms with E-state index < -0.39 is 6.10 Å². The van der Waals surface area contributed by atoms with E-state index in [2.05, 4.69) is 59.3 Å². The third-order valence-corrected chi connectivity index (χ3v) is 6.57. The summed E-state index contributed by atoms with van der Waals surface area (Å²) in [6.45, 7) is 9.57. The number of amides is 2. The standard InChI is InChI=1S/C25H34N4O2/c1-19-8-9-20(2)22(16-19)27-12-14-28(15-13-27)23-17-29(18-24(23)30)25(31)26-11-10-21-6-4-3-5-7-21/h3-9,16,23-24,30H,10-15,17-18H2,1-2H3,(H,26,31). The van der Waals surface area contributed by atoms with E-state index in [1.165, 1.54) is 22.4 Å². The van der Waals surface area contributed by atoms with Gasteiger partial charge in [0.2, 0.25) is 0 Å². The Labute approximate surface area is 185 Å². The van der Waals surface area contributed by atoms with Crippen molar-refractivity contribution in [2.75, 3.05) is 50.7 Å². The van der Waals surface area contributed by atoms with Gasteiger partial charge in [-0.15, -0.1) is 0 Å². The molecule has 2 unspecified atom stereocenters. The molecule has 0 saturated carbocycles. The van der Waals surface area contributed by atoms with Crippen LogP contribution in [0.2, 0.25) is 0 Å². The summed E-state index contributed by atoms with van der Waals surface area (Å²) in [5.41, 5.74) is 5.11. The molecule has 0 aliphatic carbocycles. The molecule has 0 aromatic heterocycles. The van der Waals surface area contributed by atoms with Crippen LogP contribution >= 0.6 is 0 Å². The van der Waals surface area contributed by atoms with Gasteiger partial charge in [-0.2, -0.15) is 0 Å². The van der Waals surface area contributed by atoms with E-state index in [1.54, 1.807) is 4.90 Å². The largest absolute Gasteiger partial charge is 0.390 e. The van der Waals surface area contributed by atoms with Gasteiger partial charge in [-0.3, -0.25) is 4.90 Å². The lowest BCUT2D eigenvalue weighted by atomic mass is 10.1. The molecule has 2 fully saturated rings. The Morgan fingerprint density at radius 3 is 2.52 bits per heavy atom. The Bertz CT molecular complexity index is 880. The molecule has 0 radical (unpaired) electrons. The first-order valence-corrected chi connectivity index (χ1v) is 11.3. The van der Waals surface area contributed by atoms with Crippen molar-refractivity contribution in [2.24, 2.45) is 0 Å². The maximum Gasteiger partial charge on any atom is 0.317 e. The molecule has 2 aromatic carbocycles. The summed E-state index contributed by atoms with van der Waals surface area (Å²) < 4.78 is 0. The van der Waals surface area contributed by atoms with Gasteiger partial charge in [0.15, 0.2) is 0 Å². The highest BCUT2D eigenvalue weighted by Crippen LogP contribution is 2.25. The fourth-order valence-electron chi connectivity index (χ4n) is 4.72. The zero-order chi connectivity index (χ0) is 21.8. The predicted molar refractivity (Wildman–Crippen MR) is 125 cm³/mol. The van der Waals surface area contributed by atoms with Crippen LogP contribution in [0.1, 0.15) is 16.7 Å². The van der Waals surface area contributed by atoms with Gasteiger partial charge in [-0.05, 0) is 43.0 Å². The van der Waals surface area contributed by atoms with E-state index in [-0.39, 0.29) is 12.1 Å². The van der Waals surface area contributed by atoms with E-state index in [0.29, 0.717) is 19.6 Å². The van der Waals surface area contributed by atoms with Crippen molar-refractivity contribution in [2.45, 2.75) is 32.4 Å². The van der Waals surface area contributed by atoms with Crippen LogP contribution in [0.15, 0.2) is 48.5 Å². The lowest BCUT2D eigenvalue weighted by Gasteiger charge is -2.40. The zero-order valence-electron chi connectivity index (χ0n) is 18.6. The Kier molecular flexibility index (Phi) is 6.78. The van der Waals surface area contributed by atoms with Gasteiger partial charge < -0.3 is 20.2 Å². The van der Waals surface area contributed by atoms with Gasteiger partial charge >= 0.3 is 6.03 Å². The molecule has 2 aliphatic heterocycles. The number of aliphatic hydroxyl groups is 1. The molecule has 2 amide bonds. The number of carbonyl (C=O) groups is 1. The third kappa shape index (κ3) is 5.20. The van der Waals surface area contributed by atoms with Crippen LogP contribution in [-0.4, -0.2) is 78.9 Å².